The van der Waals surface area contributed by atoms with Crippen LogP contribution in [0.2, 0.25) is 0 Å². The molecule has 0 atom stereocenters. The number of nitro benzene ring substituents is 1. The first-order valence-corrected chi connectivity index (χ1v) is 12.0. The molecule has 3 aromatic carbocycles. The summed E-state index contributed by atoms with van der Waals surface area (Å²) in [5.74, 6) is -0.854. The van der Waals surface area contributed by atoms with Crippen LogP contribution >= 0.6 is 0 Å². The lowest BCUT2D eigenvalue weighted by Crippen LogP contribution is -2.16. The molecule has 0 radical (unpaired) electrons. The number of Topliss-reactive ketones (excluding diaryl/α,β-unsaturated/α-hetero) is 1. The molecular weight excluding hydrogens is 458 g/mol. The Bertz CT molecular complexity index is 1470. The van der Waals surface area contributed by atoms with E-state index < -0.39 is 10.9 Å². The highest BCUT2D eigenvalue weighted by Gasteiger charge is 2.18. The molecular formula is C28H27N3O5. The summed E-state index contributed by atoms with van der Waals surface area (Å²) in [7, 11) is 0. The Balaban J connectivity index is 1.69. The van der Waals surface area contributed by atoms with E-state index in [2.05, 4.69) is 12.1 Å². The predicted molar refractivity (Wildman–Crippen MR) is 140 cm³/mol. The Kier molecular flexibility index (Phi) is 7.53. The second kappa shape index (κ2) is 10.9. The van der Waals surface area contributed by atoms with Crippen molar-refractivity contribution in [3.05, 3.63) is 82.4 Å². The van der Waals surface area contributed by atoms with Crippen molar-refractivity contribution in [2.75, 3.05) is 0 Å². The Labute approximate surface area is 208 Å². The van der Waals surface area contributed by atoms with Gasteiger partial charge < -0.3 is 9.40 Å². The van der Waals surface area contributed by atoms with Gasteiger partial charge in [-0.05, 0) is 49.2 Å². The number of non-ortho nitro benzene ring substituents is 1. The zero-order valence-electron chi connectivity index (χ0n) is 20.3. The molecule has 8 nitrogen and oxygen atoms in total. The second-order valence-electron chi connectivity index (χ2n) is 8.62. The largest absolute Gasteiger partial charge is 0.331 e. The predicted octanol–water partition coefficient (Wildman–Crippen LogP) is 6.76. The summed E-state index contributed by atoms with van der Waals surface area (Å²) in [6.07, 6.45) is 4.31. The molecule has 4 rings (SSSR count). The molecule has 0 N–H and O–H groups in total. The molecule has 0 aliphatic carbocycles. The number of aromatic nitrogens is 1. The van der Waals surface area contributed by atoms with E-state index in [1.165, 1.54) is 13.0 Å². The molecule has 1 heterocycles. The zero-order chi connectivity index (χ0) is 25.7. The highest BCUT2D eigenvalue weighted by molar-refractivity contribution is 6.45. The number of oxime groups is 1. The molecule has 0 saturated carbocycles. The number of nitrogens with zero attached hydrogens (tertiary/aromatic N) is 3. The number of carbonyl (C=O) groups excluding carboxylic acids is 2. The summed E-state index contributed by atoms with van der Waals surface area (Å²) in [6, 6.07) is 19.6. The molecule has 0 fully saturated rings. The average Bonchev–Trinajstić information content (AvgIpc) is 3.21. The van der Waals surface area contributed by atoms with E-state index in [9.17, 15) is 19.7 Å². The summed E-state index contributed by atoms with van der Waals surface area (Å²) in [4.78, 5) is 40.1. The number of hydrogen-bond acceptors (Lipinski definition) is 6. The maximum absolute atomic E-state index is 13.2. The molecule has 0 unspecified atom stereocenters. The summed E-state index contributed by atoms with van der Waals surface area (Å²) >= 11 is 0. The van der Waals surface area contributed by atoms with Crippen molar-refractivity contribution in [1.82, 2.24) is 4.57 Å². The Morgan fingerprint density at radius 3 is 2.36 bits per heavy atom. The molecule has 0 aliphatic rings. The molecule has 0 spiro atoms. The van der Waals surface area contributed by atoms with Crippen molar-refractivity contribution in [3.63, 3.8) is 0 Å². The lowest BCUT2D eigenvalue weighted by Gasteiger charge is -2.10. The van der Waals surface area contributed by atoms with Gasteiger partial charge in [0.05, 0.1) is 16.0 Å². The van der Waals surface area contributed by atoms with Gasteiger partial charge in [-0.1, -0.05) is 49.5 Å². The molecule has 4 aromatic rings. The van der Waals surface area contributed by atoms with Gasteiger partial charge in [0, 0.05) is 41.1 Å². The van der Waals surface area contributed by atoms with E-state index in [1.807, 2.05) is 41.0 Å². The fourth-order valence-electron chi connectivity index (χ4n) is 4.32. The Morgan fingerprint density at radius 2 is 1.67 bits per heavy atom. The minimum absolute atomic E-state index is 0.0323. The fourth-order valence-corrected chi connectivity index (χ4v) is 4.32. The third-order valence-electron chi connectivity index (χ3n) is 6.07. The topological polar surface area (TPSA) is 104 Å². The number of para-hydroxylation sites is 1. The number of nitro groups is 1. The van der Waals surface area contributed by atoms with E-state index in [-0.39, 0.29) is 17.2 Å². The Hall–Kier alpha value is -4.33. The van der Waals surface area contributed by atoms with E-state index >= 15 is 0 Å². The smallest absolute Gasteiger partial charge is 0.318 e. The van der Waals surface area contributed by atoms with Gasteiger partial charge >= 0.3 is 5.97 Å². The number of hydrogen-bond donors (Lipinski definition) is 0. The quantitative estimate of drug-likeness (QED) is 0.0616. The minimum Gasteiger partial charge on any atom is -0.318 e. The first kappa shape index (κ1) is 24.8. The monoisotopic (exact) mass is 485 g/mol. The van der Waals surface area contributed by atoms with Gasteiger partial charge in [-0.25, -0.2) is 4.79 Å². The lowest BCUT2D eigenvalue weighted by atomic mass is 10.0. The van der Waals surface area contributed by atoms with Crippen LogP contribution in [0.3, 0.4) is 0 Å². The zero-order valence-corrected chi connectivity index (χ0v) is 20.3. The van der Waals surface area contributed by atoms with Gasteiger partial charge in [-0.3, -0.25) is 14.9 Å². The number of unbranched alkanes of at least 4 members (excludes halogenated alkanes) is 3. The maximum atomic E-state index is 13.2. The van der Waals surface area contributed by atoms with Crippen LogP contribution in [0.5, 0.6) is 0 Å². The molecule has 0 saturated heterocycles. The van der Waals surface area contributed by atoms with E-state index in [4.69, 9.17) is 4.84 Å². The van der Waals surface area contributed by atoms with Crippen LogP contribution in [0.4, 0.5) is 5.69 Å². The summed E-state index contributed by atoms with van der Waals surface area (Å²) in [6.45, 7) is 3.36. The van der Waals surface area contributed by atoms with Crippen molar-refractivity contribution in [3.8, 4) is 5.69 Å². The van der Waals surface area contributed by atoms with Gasteiger partial charge in [-0.2, -0.15) is 0 Å². The fraction of sp³-hybridized carbons (Fsp3) is 0.250. The molecule has 0 amide bonds. The number of ketones is 1. The number of rotatable bonds is 10. The molecule has 1 aromatic heterocycles. The minimum atomic E-state index is -0.573. The van der Waals surface area contributed by atoms with E-state index in [1.54, 1.807) is 24.3 Å². The summed E-state index contributed by atoms with van der Waals surface area (Å²) in [5, 5.41) is 16.8. The van der Waals surface area contributed by atoms with Gasteiger partial charge in [0.25, 0.3) is 5.69 Å². The number of benzene rings is 3. The number of carbonyl (C=O) groups is 2. The Morgan fingerprint density at radius 1 is 0.944 bits per heavy atom. The first-order chi connectivity index (χ1) is 17.4. The van der Waals surface area contributed by atoms with Crippen molar-refractivity contribution >= 4 is 45.0 Å². The second-order valence-corrected chi connectivity index (χ2v) is 8.62. The highest BCUT2D eigenvalue weighted by Crippen LogP contribution is 2.34. The average molecular weight is 486 g/mol. The van der Waals surface area contributed by atoms with Crippen LogP contribution in [-0.2, 0) is 9.63 Å². The molecule has 184 valence electrons. The molecule has 36 heavy (non-hydrogen) atoms. The van der Waals surface area contributed by atoms with Gasteiger partial charge in [-0.15, -0.1) is 0 Å². The van der Waals surface area contributed by atoms with E-state index in [0.29, 0.717) is 12.0 Å². The lowest BCUT2D eigenvalue weighted by molar-refractivity contribution is -0.384. The van der Waals surface area contributed by atoms with E-state index in [0.717, 1.165) is 53.2 Å². The number of fused-ring (bicyclic) bond motifs is 3. The van der Waals surface area contributed by atoms with Crippen molar-refractivity contribution < 1.29 is 19.3 Å². The first-order valence-electron chi connectivity index (χ1n) is 12.0. The standard InChI is InChI=1S/C28H27N3O5/c1-3-4-5-6-10-25(29-36-19(2)32)28(33)20-12-14-21(15-13-20)30-26-11-8-7-9-23(26)24-18-22(31(34)35)16-17-27(24)30/h7-9,11-18H,3-6,10H2,1-2H3/b29-25-. The summed E-state index contributed by atoms with van der Waals surface area (Å²) < 4.78 is 2.02. The van der Waals surface area contributed by atoms with Gasteiger partial charge in [0.2, 0.25) is 5.78 Å². The van der Waals surface area contributed by atoms with Crippen LogP contribution in [-0.4, -0.2) is 27.0 Å². The van der Waals surface area contributed by atoms with Crippen LogP contribution in [0.1, 0.15) is 56.3 Å². The third-order valence-corrected chi connectivity index (χ3v) is 6.07. The molecule has 0 aliphatic heterocycles. The normalized spacial score (nSPS) is 11.7. The van der Waals surface area contributed by atoms with Gasteiger partial charge in [0.1, 0.15) is 5.71 Å². The molecule has 0 bridgehead atoms. The van der Waals surface area contributed by atoms with Crippen molar-refractivity contribution in [1.29, 1.82) is 0 Å². The van der Waals surface area contributed by atoms with Crippen LogP contribution in [0, 0.1) is 10.1 Å². The summed E-state index contributed by atoms with van der Waals surface area (Å²) in [5.41, 5.74) is 3.24. The van der Waals surface area contributed by atoms with Crippen molar-refractivity contribution in [2.45, 2.75) is 46.0 Å². The van der Waals surface area contributed by atoms with Crippen LogP contribution in [0.15, 0.2) is 71.9 Å². The molecule has 8 heteroatoms. The van der Waals surface area contributed by atoms with Crippen LogP contribution in [0.25, 0.3) is 27.5 Å². The maximum Gasteiger partial charge on any atom is 0.331 e. The van der Waals surface area contributed by atoms with Gasteiger partial charge in [0.15, 0.2) is 0 Å². The van der Waals surface area contributed by atoms with Crippen molar-refractivity contribution in [2.24, 2.45) is 5.16 Å². The van der Waals surface area contributed by atoms with Crippen LogP contribution < -0.4 is 0 Å². The highest BCUT2D eigenvalue weighted by atomic mass is 16.7. The third kappa shape index (κ3) is 5.17. The SMILES string of the molecule is CCCCCC/C(=N/OC(C)=O)C(=O)c1ccc(-n2c3ccccc3c3cc([N+](=O)[O-])ccc32)cc1.